The van der Waals surface area contributed by atoms with E-state index < -0.39 is 10.0 Å². The van der Waals surface area contributed by atoms with Crippen LogP contribution in [-0.2, 0) is 21.4 Å². The van der Waals surface area contributed by atoms with E-state index in [9.17, 15) is 17.6 Å². The molecule has 27 heavy (non-hydrogen) atoms. The number of hydrogen-bond acceptors (Lipinski definition) is 4. The van der Waals surface area contributed by atoms with Crippen LogP contribution in [0.5, 0.6) is 5.75 Å². The molecular weight excluding hydrogens is 371 g/mol. The van der Waals surface area contributed by atoms with Crippen LogP contribution >= 0.6 is 0 Å². The van der Waals surface area contributed by atoms with Crippen LogP contribution in [0, 0.1) is 12.7 Å². The van der Waals surface area contributed by atoms with Crippen LogP contribution in [0.25, 0.3) is 0 Å². The van der Waals surface area contributed by atoms with Gasteiger partial charge in [0.05, 0.1) is 12.0 Å². The van der Waals surface area contributed by atoms with Gasteiger partial charge >= 0.3 is 0 Å². The van der Waals surface area contributed by atoms with Crippen LogP contribution in [0.2, 0.25) is 0 Å². The quantitative estimate of drug-likeness (QED) is 0.746. The molecule has 2 aromatic carbocycles. The molecule has 0 heterocycles. The first-order chi connectivity index (χ1) is 12.7. The van der Waals surface area contributed by atoms with Gasteiger partial charge in [-0.3, -0.25) is 4.79 Å². The number of amides is 1. The summed E-state index contributed by atoms with van der Waals surface area (Å²) in [6.07, 6.45) is 0. The molecule has 1 N–H and O–H groups in total. The Bertz CT molecular complexity index is 898. The van der Waals surface area contributed by atoms with E-state index in [4.69, 9.17) is 4.74 Å². The van der Waals surface area contributed by atoms with Gasteiger partial charge in [0.25, 0.3) is 0 Å². The third kappa shape index (κ3) is 5.77. The molecule has 0 aliphatic rings. The molecule has 0 unspecified atom stereocenters. The Morgan fingerprint density at radius 2 is 1.85 bits per heavy atom. The maximum atomic E-state index is 13.0. The molecule has 1 amide bonds. The number of carbonyl (C=O) groups is 1. The molecule has 2 rings (SSSR count). The Hall–Kier alpha value is -2.45. The van der Waals surface area contributed by atoms with Crippen molar-refractivity contribution in [3.05, 3.63) is 59.4 Å². The van der Waals surface area contributed by atoms with Crippen molar-refractivity contribution in [1.29, 1.82) is 0 Å². The molecule has 0 radical (unpaired) electrons. The zero-order valence-corrected chi connectivity index (χ0v) is 16.3. The summed E-state index contributed by atoms with van der Waals surface area (Å²) >= 11 is 0. The fraction of sp³-hybridized carbons (Fsp3) is 0.316. The second kappa shape index (κ2) is 8.96. The third-order valence-corrected chi connectivity index (χ3v) is 5.54. The van der Waals surface area contributed by atoms with Crippen molar-refractivity contribution in [3.63, 3.8) is 0 Å². The van der Waals surface area contributed by atoms with E-state index in [2.05, 4.69) is 4.72 Å². The van der Waals surface area contributed by atoms with Gasteiger partial charge < -0.3 is 9.64 Å². The molecule has 0 aromatic heterocycles. The van der Waals surface area contributed by atoms with Gasteiger partial charge in [0.15, 0.2) is 0 Å². The fourth-order valence-corrected chi connectivity index (χ4v) is 3.68. The van der Waals surface area contributed by atoms with Gasteiger partial charge in [-0.15, -0.1) is 0 Å². The van der Waals surface area contributed by atoms with E-state index >= 15 is 0 Å². The zero-order valence-electron chi connectivity index (χ0n) is 15.5. The molecule has 0 bridgehead atoms. The topological polar surface area (TPSA) is 75.7 Å². The van der Waals surface area contributed by atoms with Crippen molar-refractivity contribution in [2.75, 3.05) is 20.2 Å². The Balaban J connectivity index is 1.99. The molecule has 2 aromatic rings. The second-order valence-corrected chi connectivity index (χ2v) is 7.86. The summed E-state index contributed by atoms with van der Waals surface area (Å²) in [6.45, 7) is 3.71. The van der Waals surface area contributed by atoms with E-state index in [0.717, 1.165) is 5.56 Å². The summed E-state index contributed by atoms with van der Waals surface area (Å²) in [5.41, 5.74) is 1.47. The monoisotopic (exact) mass is 394 g/mol. The normalized spacial score (nSPS) is 11.3. The summed E-state index contributed by atoms with van der Waals surface area (Å²) in [5, 5.41) is 0. The number of rotatable bonds is 8. The minimum Gasteiger partial charge on any atom is -0.496 e. The summed E-state index contributed by atoms with van der Waals surface area (Å²) in [5.74, 6) is 0.0606. The van der Waals surface area contributed by atoms with Gasteiger partial charge in [0.1, 0.15) is 11.6 Å². The molecule has 0 aliphatic carbocycles. The molecule has 146 valence electrons. The summed E-state index contributed by atoms with van der Waals surface area (Å²) in [7, 11) is -2.18. The van der Waals surface area contributed by atoms with Crippen molar-refractivity contribution in [2.45, 2.75) is 25.3 Å². The van der Waals surface area contributed by atoms with E-state index in [1.165, 1.54) is 43.2 Å². The number of carbonyl (C=O) groups excluding carboxylic acids is 1. The lowest BCUT2D eigenvalue weighted by molar-refractivity contribution is -0.129. The van der Waals surface area contributed by atoms with E-state index in [0.29, 0.717) is 11.3 Å². The van der Waals surface area contributed by atoms with Gasteiger partial charge in [-0.1, -0.05) is 12.1 Å². The Morgan fingerprint density at radius 1 is 1.19 bits per heavy atom. The Kier molecular flexibility index (Phi) is 6.92. The number of methoxy groups -OCH3 is 1. The third-order valence-electron chi connectivity index (χ3n) is 4.08. The lowest BCUT2D eigenvalue weighted by Crippen LogP contribution is -2.37. The molecule has 6 nitrogen and oxygen atoms in total. The number of halogens is 1. The standard InChI is InChI=1S/C19H23FN2O4S/c1-14-12-18(8-9-19(14)26-3)27(24,25)21-10-11-22(15(2)23)13-16-4-6-17(20)7-5-16/h4-9,12,21H,10-11,13H2,1-3H3. The maximum Gasteiger partial charge on any atom is 0.240 e. The first-order valence-electron chi connectivity index (χ1n) is 8.37. The lowest BCUT2D eigenvalue weighted by Gasteiger charge is -2.21. The van der Waals surface area contributed by atoms with Gasteiger partial charge in [0.2, 0.25) is 15.9 Å². The number of nitrogens with zero attached hydrogens (tertiary/aromatic N) is 1. The highest BCUT2D eigenvalue weighted by atomic mass is 32.2. The van der Waals surface area contributed by atoms with Crippen LogP contribution in [0.4, 0.5) is 4.39 Å². The minimum atomic E-state index is -3.70. The van der Waals surface area contributed by atoms with Crippen molar-refractivity contribution < 1.29 is 22.3 Å². The SMILES string of the molecule is COc1ccc(S(=O)(=O)NCCN(Cc2ccc(F)cc2)C(C)=O)cc1C. The van der Waals surface area contributed by atoms with E-state index in [1.807, 2.05) is 0 Å². The average Bonchev–Trinajstić information content (AvgIpc) is 2.62. The summed E-state index contributed by atoms with van der Waals surface area (Å²) < 4.78 is 45.5. The first kappa shape index (κ1) is 20.9. The van der Waals surface area contributed by atoms with Gasteiger partial charge in [-0.05, 0) is 48.4 Å². The van der Waals surface area contributed by atoms with Gasteiger partial charge in [-0.25, -0.2) is 17.5 Å². The van der Waals surface area contributed by atoms with E-state index in [-0.39, 0.29) is 36.3 Å². The van der Waals surface area contributed by atoms with Gasteiger partial charge in [-0.2, -0.15) is 0 Å². The van der Waals surface area contributed by atoms with Crippen molar-refractivity contribution in [2.24, 2.45) is 0 Å². The number of sulfonamides is 1. The molecular formula is C19H23FN2O4S. The first-order valence-corrected chi connectivity index (χ1v) is 9.85. The molecule has 0 aliphatic heterocycles. The van der Waals surface area contributed by atoms with Crippen LogP contribution in [0.1, 0.15) is 18.1 Å². The van der Waals surface area contributed by atoms with Crippen LogP contribution < -0.4 is 9.46 Å². The second-order valence-electron chi connectivity index (χ2n) is 6.10. The Morgan fingerprint density at radius 3 is 2.41 bits per heavy atom. The number of hydrogen-bond donors (Lipinski definition) is 1. The molecule has 8 heteroatoms. The van der Waals surface area contributed by atoms with Crippen molar-refractivity contribution >= 4 is 15.9 Å². The molecule has 0 fully saturated rings. The predicted octanol–water partition coefficient (Wildman–Crippen LogP) is 2.47. The fourth-order valence-electron chi connectivity index (χ4n) is 2.57. The van der Waals surface area contributed by atoms with Crippen molar-refractivity contribution in [1.82, 2.24) is 9.62 Å². The van der Waals surface area contributed by atoms with Crippen LogP contribution in [0.3, 0.4) is 0 Å². The summed E-state index contributed by atoms with van der Waals surface area (Å²) in [6, 6.07) is 10.4. The average molecular weight is 394 g/mol. The molecule has 0 saturated heterocycles. The Labute approximate surface area is 159 Å². The predicted molar refractivity (Wildman–Crippen MR) is 100 cm³/mol. The molecule has 0 saturated carbocycles. The number of aryl methyl sites for hydroxylation is 1. The zero-order chi connectivity index (χ0) is 20.0. The van der Waals surface area contributed by atoms with Crippen LogP contribution in [-0.4, -0.2) is 39.4 Å². The highest BCUT2D eigenvalue weighted by Gasteiger charge is 2.16. The maximum absolute atomic E-state index is 13.0. The molecule has 0 atom stereocenters. The minimum absolute atomic E-state index is 0.0637. The largest absolute Gasteiger partial charge is 0.496 e. The number of ether oxygens (including phenoxy) is 1. The summed E-state index contributed by atoms with van der Waals surface area (Å²) in [4.78, 5) is 13.4. The van der Waals surface area contributed by atoms with Crippen molar-refractivity contribution in [3.8, 4) is 5.75 Å². The van der Waals surface area contributed by atoms with Crippen LogP contribution in [0.15, 0.2) is 47.4 Å². The smallest absolute Gasteiger partial charge is 0.240 e. The number of benzene rings is 2. The number of nitrogens with one attached hydrogen (secondary N) is 1. The lowest BCUT2D eigenvalue weighted by atomic mass is 10.2. The molecule has 0 spiro atoms. The highest BCUT2D eigenvalue weighted by molar-refractivity contribution is 7.89. The van der Waals surface area contributed by atoms with E-state index in [1.54, 1.807) is 25.1 Å². The van der Waals surface area contributed by atoms with Gasteiger partial charge in [0, 0.05) is 26.6 Å². The highest BCUT2D eigenvalue weighted by Crippen LogP contribution is 2.21.